The zero-order chi connectivity index (χ0) is 16.3. The van der Waals surface area contributed by atoms with Gasteiger partial charge in [0.15, 0.2) is 0 Å². The monoisotopic (exact) mass is 368 g/mol. The van der Waals surface area contributed by atoms with Crippen LogP contribution in [0.5, 0.6) is 0 Å². The Kier molecular flexibility index (Phi) is 5.58. The summed E-state index contributed by atoms with van der Waals surface area (Å²) >= 11 is 3.43. The number of carboxylic acids is 1. The number of aliphatic carboxylic acids is 1. The Bertz CT molecular complexity index is 571. The fourth-order valence-electron chi connectivity index (χ4n) is 2.68. The maximum atomic E-state index is 12.2. The van der Waals surface area contributed by atoms with E-state index in [9.17, 15) is 9.59 Å². The van der Waals surface area contributed by atoms with Gasteiger partial charge >= 0.3 is 5.97 Å². The van der Waals surface area contributed by atoms with Crippen molar-refractivity contribution in [2.24, 2.45) is 0 Å². The van der Waals surface area contributed by atoms with Crippen molar-refractivity contribution in [3.63, 3.8) is 0 Å². The largest absolute Gasteiger partial charge is 0.480 e. The molecule has 1 aromatic rings. The van der Waals surface area contributed by atoms with Gasteiger partial charge in [0.05, 0.1) is 6.54 Å². The Morgan fingerprint density at radius 2 is 2.09 bits per heavy atom. The van der Waals surface area contributed by atoms with E-state index < -0.39 is 5.97 Å². The minimum Gasteiger partial charge on any atom is -0.480 e. The van der Waals surface area contributed by atoms with Gasteiger partial charge in [-0.05, 0) is 44.0 Å². The fraction of sp³-hybridized carbons (Fsp3) is 0.500. The van der Waals surface area contributed by atoms with Crippen LogP contribution in [0.15, 0.2) is 22.7 Å². The van der Waals surface area contributed by atoms with Crippen LogP contribution < -0.4 is 5.32 Å². The first-order valence-corrected chi connectivity index (χ1v) is 8.22. The predicted octanol–water partition coefficient (Wildman–Crippen LogP) is 2.42. The summed E-state index contributed by atoms with van der Waals surface area (Å²) in [5.74, 6) is -0.885. The fourth-order valence-corrected chi connectivity index (χ4v) is 3.06. The van der Waals surface area contributed by atoms with E-state index in [2.05, 4.69) is 21.2 Å². The lowest BCUT2D eigenvalue weighted by Gasteiger charge is -2.42. The quantitative estimate of drug-likeness (QED) is 0.808. The molecule has 1 fully saturated rings. The molecule has 0 spiro atoms. The van der Waals surface area contributed by atoms with Crippen LogP contribution in [0, 0.1) is 6.92 Å². The van der Waals surface area contributed by atoms with Gasteiger partial charge in [-0.1, -0.05) is 28.9 Å². The zero-order valence-electron chi connectivity index (χ0n) is 12.8. The highest BCUT2D eigenvalue weighted by atomic mass is 79.9. The summed E-state index contributed by atoms with van der Waals surface area (Å²) in [5, 5.41) is 11.9. The normalized spacial score (nSPS) is 20.5. The molecule has 0 saturated heterocycles. The third-order valence-corrected chi connectivity index (χ3v) is 5.00. The van der Waals surface area contributed by atoms with Gasteiger partial charge in [0.2, 0.25) is 0 Å². The number of amides is 1. The molecule has 120 valence electrons. The molecule has 1 saturated carbocycles. The number of likely N-dealkylation sites (N-methyl/N-ethyl adjacent to an activating group) is 1. The molecular formula is C16H21BrN2O3. The number of hydrogen-bond acceptors (Lipinski definition) is 3. The summed E-state index contributed by atoms with van der Waals surface area (Å²) in [6, 6.07) is 5.92. The van der Waals surface area contributed by atoms with E-state index in [-0.39, 0.29) is 24.5 Å². The SMILES string of the molecule is CCN(CC(=O)O)C1CC(NC(=O)c2ccc(C)c(Br)c2)C1. The maximum Gasteiger partial charge on any atom is 0.317 e. The Balaban J connectivity index is 1.85. The van der Waals surface area contributed by atoms with Gasteiger partial charge in [-0.2, -0.15) is 0 Å². The molecule has 0 atom stereocenters. The number of nitrogens with one attached hydrogen (secondary N) is 1. The van der Waals surface area contributed by atoms with Gasteiger partial charge in [0.25, 0.3) is 5.91 Å². The van der Waals surface area contributed by atoms with Crippen molar-refractivity contribution < 1.29 is 14.7 Å². The minimum atomic E-state index is -0.807. The van der Waals surface area contributed by atoms with E-state index in [1.807, 2.05) is 36.9 Å². The molecular weight excluding hydrogens is 348 g/mol. The van der Waals surface area contributed by atoms with Crippen molar-refractivity contribution in [1.29, 1.82) is 0 Å². The van der Waals surface area contributed by atoms with Crippen LogP contribution in [0.4, 0.5) is 0 Å². The second kappa shape index (κ2) is 7.24. The number of rotatable bonds is 6. The molecule has 0 radical (unpaired) electrons. The number of carboxylic acid groups (broad SMARTS) is 1. The number of aryl methyl sites for hydroxylation is 1. The molecule has 0 aromatic heterocycles. The Morgan fingerprint density at radius 1 is 1.41 bits per heavy atom. The van der Waals surface area contributed by atoms with Crippen molar-refractivity contribution in [2.75, 3.05) is 13.1 Å². The third kappa shape index (κ3) is 4.08. The molecule has 1 aliphatic rings. The minimum absolute atomic E-state index is 0.0622. The molecule has 1 aromatic carbocycles. The molecule has 1 aliphatic carbocycles. The first kappa shape index (κ1) is 17.0. The van der Waals surface area contributed by atoms with Crippen molar-refractivity contribution >= 4 is 27.8 Å². The summed E-state index contributed by atoms with van der Waals surface area (Å²) in [7, 11) is 0. The second-order valence-electron chi connectivity index (χ2n) is 5.72. The summed E-state index contributed by atoms with van der Waals surface area (Å²) in [5.41, 5.74) is 1.73. The smallest absolute Gasteiger partial charge is 0.317 e. The molecule has 6 heteroatoms. The maximum absolute atomic E-state index is 12.2. The summed E-state index contributed by atoms with van der Waals surface area (Å²) in [6.45, 7) is 4.71. The number of carbonyl (C=O) groups is 2. The topological polar surface area (TPSA) is 69.6 Å². The van der Waals surface area contributed by atoms with E-state index in [0.29, 0.717) is 12.1 Å². The zero-order valence-corrected chi connectivity index (χ0v) is 14.4. The van der Waals surface area contributed by atoms with Gasteiger partial charge in [0.1, 0.15) is 0 Å². The highest BCUT2D eigenvalue weighted by molar-refractivity contribution is 9.10. The molecule has 2 rings (SSSR count). The lowest BCUT2D eigenvalue weighted by Crippen LogP contribution is -2.54. The second-order valence-corrected chi connectivity index (χ2v) is 6.57. The first-order chi connectivity index (χ1) is 10.4. The number of benzene rings is 1. The van der Waals surface area contributed by atoms with Gasteiger partial charge in [-0.15, -0.1) is 0 Å². The van der Waals surface area contributed by atoms with Crippen LogP contribution in [0.25, 0.3) is 0 Å². The molecule has 0 unspecified atom stereocenters. The van der Waals surface area contributed by atoms with Crippen LogP contribution in [-0.4, -0.2) is 47.1 Å². The molecule has 0 bridgehead atoms. The summed E-state index contributed by atoms with van der Waals surface area (Å²) in [4.78, 5) is 24.9. The van der Waals surface area contributed by atoms with E-state index >= 15 is 0 Å². The van der Waals surface area contributed by atoms with Crippen molar-refractivity contribution in [1.82, 2.24) is 10.2 Å². The highest BCUT2D eigenvalue weighted by Crippen LogP contribution is 2.26. The molecule has 0 aliphatic heterocycles. The van der Waals surface area contributed by atoms with Crippen LogP contribution in [0.2, 0.25) is 0 Å². The predicted molar refractivity (Wildman–Crippen MR) is 88.0 cm³/mol. The van der Waals surface area contributed by atoms with Crippen LogP contribution in [0.1, 0.15) is 35.7 Å². The molecule has 2 N–H and O–H groups in total. The highest BCUT2D eigenvalue weighted by Gasteiger charge is 2.34. The average Bonchev–Trinajstić information content (AvgIpc) is 2.42. The van der Waals surface area contributed by atoms with Gasteiger partial charge in [0, 0.05) is 22.1 Å². The summed E-state index contributed by atoms with van der Waals surface area (Å²) in [6.07, 6.45) is 1.61. The lowest BCUT2D eigenvalue weighted by atomic mass is 9.85. The van der Waals surface area contributed by atoms with Crippen LogP contribution in [-0.2, 0) is 4.79 Å². The summed E-state index contributed by atoms with van der Waals surface area (Å²) < 4.78 is 0.922. The van der Waals surface area contributed by atoms with E-state index in [0.717, 1.165) is 22.9 Å². The molecule has 5 nitrogen and oxygen atoms in total. The average molecular weight is 369 g/mol. The van der Waals surface area contributed by atoms with E-state index in [4.69, 9.17) is 5.11 Å². The van der Waals surface area contributed by atoms with Crippen molar-refractivity contribution in [2.45, 2.75) is 38.8 Å². The van der Waals surface area contributed by atoms with Crippen LogP contribution in [0.3, 0.4) is 0 Å². The van der Waals surface area contributed by atoms with Gasteiger partial charge in [-0.3, -0.25) is 14.5 Å². The molecule has 1 amide bonds. The van der Waals surface area contributed by atoms with E-state index in [1.165, 1.54) is 0 Å². The molecule has 22 heavy (non-hydrogen) atoms. The Morgan fingerprint density at radius 3 is 2.64 bits per heavy atom. The Hall–Kier alpha value is -1.40. The van der Waals surface area contributed by atoms with E-state index in [1.54, 1.807) is 0 Å². The number of hydrogen-bond donors (Lipinski definition) is 2. The lowest BCUT2D eigenvalue weighted by molar-refractivity contribution is -0.139. The van der Waals surface area contributed by atoms with Crippen molar-refractivity contribution in [3.05, 3.63) is 33.8 Å². The van der Waals surface area contributed by atoms with Crippen LogP contribution >= 0.6 is 15.9 Å². The number of carbonyl (C=O) groups excluding carboxylic acids is 1. The van der Waals surface area contributed by atoms with Gasteiger partial charge in [-0.25, -0.2) is 0 Å². The first-order valence-electron chi connectivity index (χ1n) is 7.43. The van der Waals surface area contributed by atoms with Crippen molar-refractivity contribution in [3.8, 4) is 0 Å². The third-order valence-electron chi connectivity index (χ3n) is 4.14. The number of halogens is 1. The Labute approximate surface area is 138 Å². The standard InChI is InChI=1S/C16H21BrN2O3/c1-3-19(9-15(20)21)13-7-12(8-13)18-16(22)11-5-4-10(2)14(17)6-11/h4-6,12-13H,3,7-9H2,1-2H3,(H,18,22)(H,20,21). The van der Waals surface area contributed by atoms with Gasteiger partial charge < -0.3 is 10.4 Å². The molecule has 0 heterocycles. The number of nitrogens with zero attached hydrogens (tertiary/aromatic N) is 1.